The molecule has 214 valence electrons. The molecule has 1 aromatic carbocycles. The van der Waals surface area contributed by atoms with Gasteiger partial charge in [-0.15, -0.1) is 5.10 Å². The molecule has 2 unspecified atom stereocenters. The zero-order valence-corrected chi connectivity index (χ0v) is 25.3. The van der Waals surface area contributed by atoms with E-state index in [-0.39, 0.29) is 45.3 Å². The summed E-state index contributed by atoms with van der Waals surface area (Å²) in [7, 11) is -4.29. The van der Waals surface area contributed by atoms with Gasteiger partial charge in [-0.1, -0.05) is 23.2 Å². The minimum absolute atomic E-state index is 0.0460. The first-order valence-electron chi connectivity index (χ1n) is 12.5. The Hall–Kier alpha value is -3.26. The molecule has 2 N–H and O–H groups in total. The highest BCUT2D eigenvalue weighted by molar-refractivity contribution is 9.10. The predicted octanol–water partition coefficient (Wildman–Crippen LogP) is 5.01. The summed E-state index contributed by atoms with van der Waals surface area (Å²) >= 11 is 16.0. The highest BCUT2D eigenvalue weighted by Gasteiger charge is 2.39. The molecule has 11 nitrogen and oxygen atoms in total. The van der Waals surface area contributed by atoms with E-state index in [0.717, 1.165) is 19.0 Å². The van der Waals surface area contributed by atoms with Crippen LogP contribution in [0.4, 0.5) is 11.5 Å². The third kappa shape index (κ3) is 6.64. The Morgan fingerprint density at radius 3 is 2.61 bits per heavy atom. The van der Waals surface area contributed by atoms with Crippen LogP contribution in [0.1, 0.15) is 36.5 Å². The van der Waals surface area contributed by atoms with E-state index in [1.807, 2.05) is 6.92 Å². The van der Waals surface area contributed by atoms with Gasteiger partial charge in [-0.2, -0.15) is 8.42 Å². The zero-order chi connectivity index (χ0) is 29.3. The van der Waals surface area contributed by atoms with E-state index in [0.29, 0.717) is 15.4 Å². The molecule has 1 aliphatic carbocycles. The third-order valence-electron chi connectivity index (χ3n) is 6.51. The Kier molecular flexibility index (Phi) is 8.50. The zero-order valence-electron chi connectivity index (χ0n) is 21.4. The maximum absolute atomic E-state index is 13.7. The Bertz CT molecular complexity index is 1640. The van der Waals surface area contributed by atoms with E-state index < -0.39 is 28.0 Å². The van der Waals surface area contributed by atoms with Crippen molar-refractivity contribution < 1.29 is 22.2 Å². The quantitative estimate of drug-likeness (QED) is 0.316. The average Bonchev–Trinajstić information content (AvgIpc) is 3.71. The molecule has 0 saturated heterocycles. The fourth-order valence-electron chi connectivity index (χ4n) is 4.23. The number of aromatic nitrogens is 2. The van der Waals surface area contributed by atoms with Crippen molar-refractivity contribution in [2.24, 2.45) is 11.0 Å². The number of halogens is 3. The molecule has 3 aromatic rings. The fraction of sp³-hybridized carbons (Fsp3) is 0.269. The molecular formula is C26H23BrCl2N6O5S. The Morgan fingerprint density at radius 2 is 1.93 bits per heavy atom. The van der Waals surface area contributed by atoms with E-state index in [9.17, 15) is 18.0 Å². The highest BCUT2D eigenvalue weighted by atomic mass is 79.9. The van der Waals surface area contributed by atoms with Crippen molar-refractivity contribution in [1.82, 2.24) is 15.3 Å². The SMILES string of the molecule is CC(NC(=O)c1cc(Cl)cc(Br)c1NC(=O)C1CC(OS(=O)(=O)c2cccnc2)=NN1c1ncccc1Cl)C1CC1. The standard InChI is InChI=1S/C26H23BrCl2N6O5S/c1-14(15-6-7-15)32-25(36)18-10-16(28)11-19(27)23(18)33-26(37)21-12-22(34-35(21)24-20(29)5-3-9-31-24)40-41(38,39)17-4-2-8-30-13-17/h2-5,8-11,13-15,21H,6-7,12H2,1H3,(H,32,36)(H,33,37). The Labute approximate surface area is 254 Å². The number of anilines is 2. The van der Waals surface area contributed by atoms with E-state index in [2.05, 4.69) is 41.6 Å². The molecule has 2 aromatic heterocycles. The summed E-state index contributed by atoms with van der Waals surface area (Å²) < 4.78 is 31.3. The first-order chi connectivity index (χ1) is 19.5. The smallest absolute Gasteiger partial charge is 0.341 e. The van der Waals surface area contributed by atoms with Crippen molar-refractivity contribution in [3.8, 4) is 0 Å². The number of benzene rings is 1. The van der Waals surface area contributed by atoms with Crippen LogP contribution in [-0.2, 0) is 19.1 Å². The van der Waals surface area contributed by atoms with E-state index >= 15 is 0 Å². The summed E-state index contributed by atoms with van der Waals surface area (Å²) in [5.74, 6) is -0.768. The van der Waals surface area contributed by atoms with Crippen LogP contribution >= 0.6 is 39.1 Å². The lowest BCUT2D eigenvalue weighted by atomic mass is 10.1. The molecule has 0 radical (unpaired) electrons. The Morgan fingerprint density at radius 1 is 1.17 bits per heavy atom. The lowest BCUT2D eigenvalue weighted by molar-refractivity contribution is -0.117. The second-order valence-electron chi connectivity index (χ2n) is 9.49. The van der Waals surface area contributed by atoms with Gasteiger partial charge in [0, 0.05) is 34.1 Å². The lowest BCUT2D eigenvalue weighted by Crippen LogP contribution is -2.40. The monoisotopic (exact) mass is 680 g/mol. The summed E-state index contributed by atoms with van der Waals surface area (Å²) in [6, 6.07) is 7.76. The second-order valence-corrected chi connectivity index (χ2v) is 12.7. The van der Waals surface area contributed by atoms with E-state index in [1.165, 1.54) is 35.6 Å². The molecule has 5 rings (SSSR count). The number of amides is 2. The molecule has 1 fully saturated rings. The largest absolute Gasteiger partial charge is 0.361 e. The summed E-state index contributed by atoms with van der Waals surface area (Å²) in [5.41, 5.74) is 0.339. The van der Waals surface area contributed by atoms with Gasteiger partial charge in [0.1, 0.15) is 10.9 Å². The first-order valence-corrected chi connectivity index (χ1v) is 15.4. The number of rotatable bonds is 8. The van der Waals surface area contributed by atoms with Gasteiger partial charge in [0.25, 0.3) is 5.91 Å². The molecule has 1 saturated carbocycles. The topological polar surface area (TPSA) is 143 Å². The third-order valence-corrected chi connectivity index (χ3v) is 8.88. The minimum Gasteiger partial charge on any atom is -0.361 e. The van der Waals surface area contributed by atoms with Crippen LogP contribution in [0.5, 0.6) is 0 Å². The van der Waals surface area contributed by atoms with Gasteiger partial charge in [0.2, 0.25) is 11.8 Å². The van der Waals surface area contributed by atoms with Crippen LogP contribution in [0.25, 0.3) is 0 Å². The maximum Gasteiger partial charge on any atom is 0.341 e. The molecule has 2 aliphatic rings. The number of pyridine rings is 2. The molecule has 15 heteroatoms. The average molecular weight is 682 g/mol. The number of nitrogens with zero attached hydrogens (tertiary/aromatic N) is 4. The maximum atomic E-state index is 13.7. The van der Waals surface area contributed by atoms with Crippen LogP contribution < -0.4 is 15.6 Å². The molecule has 41 heavy (non-hydrogen) atoms. The van der Waals surface area contributed by atoms with Crippen molar-refractivity contribution in [3.63, 3.8) is 0 Å². The number of carbonyl (C=O) groups is 2. The second kappa shape index (κ2) is 11.9. The van der Waals surface area contributed by atoms with Crippen molar-refractivity contribution in [1.29, 1.82) is 0 Å². The summed E-state index contributed by atoms with van der Waals surface area (Å²) in [6.07, 6.45) is 5.85. The van der Waals surface area contributed by atoms with Gasteiger partial charge >= 0.3 is 10.1 Å². The van der Waals surface area contributed by atoms with Gasteiger partial charge < -0.3 is 14.8 Å². The first kappa shape index (κ1) is 29.2. The van der Waals surface area contributed by atoms with Crippen LogP contribution in [0.15, 0.2) is 69.5 Å². The Balaban J connectivity index is 1.44. The number of hydrogen-bond acceptors (Lipinski definition) is 9. The molecule has 0 bridgehead atoms. The molecular weight excluding hydrogens is 659 g/mol. The summed E-state index contributed by atoms with van der Waals surface area (Å²) in [4.78, 5) is 34.8. The van der Waals surface area contributed by atoms with Crippen molar-refractivity contribution >= 4 is 78.5 Å². The fourth-order valence-corrected chi connectivity index (χ4v) is 6.24. The van der Waals surface area contributed by atoms with Crippen LogP contribution in [0.2, 0.25) is 10.0 Å². The number of hydrazone groups is 1. The van der Waals surface area contributed by atoms with Crippen molar-refractivity contribution in [2.45, 2.75) is 43.2 Å². The predicted molar refractivity (Wildman–Crippen MR) is 158 cm³/mol. The number of carbonyl (C=O) groups excluding carboxylic acids is 2. The highest BCUT2D eigenvalue weighted by Crippen LogP contribution is 2.35. The van der Waals surface area contributed by atoms with Gasteiger partial charge in [-0.25, -0.2) is 9.99 Å². The molecule has 2 atom stereocenters. The molecule has 1 aliphatic heterocycles. The van der Waals surface area contributed by atoms with Crippen molar-refractivity contribution in [3.05, 3.63) is 75.1 Å². The normalized spacial score (nSPS) is 17.5. The van der Waals surface area contributed by atoms with Crippen LogP contribution in [-0.4, -0.2) is 48.2 Å². The summed E-state index contributed by atoms with van der Waals surface area (Å²) in [5, 5.41) is 11.6. The number of hydrogen-bond donors (Lipinski definition) is 2. The van der Waals surface area contributed by atoms with Gasteiger partial charge in [-0.3, -0.25) is 14.6 Å². The van der Waals surface area contributed by atoms with E-state index in [1.54, 1.807) is 18.2 Å². The summed E-state index contributed by atoms with van der Waals surface area (Å²) in [6.45, 7) is 1.93. The minimum atomic E-state index is -4.29. The van der Waals surface area contributed by atoms with Gasteiger partial charge in [-0.05, 0) is 78.0 Å². The van der Waals surface area contributed by atoms with Gasteiger partial charge in [0.15, 0.2) is 5.82 Å². The van der Waals surface area contributed by atoms with Crippen LogP contribution in [0.3, 0.4) is 0 Å². The van der Waals surface area contributed by atoms with Crippen molar-refractivity contribution in [2.75, 3.05) is 10.3 Å². The van der Waals surface area contributed by atoms with Crippen LogP contribution in [0, 0.1) is 5.92 Å². The van der Waals surface area contributed by atoms with E-state index in [4.69, 9.17) is 27.4 Å². The molecule has 0 spiro atoms. The molecule has 2 amide bonds. The van der Waals surface area contributed by atoms with Gasteiger partial charge in [0.05, 0.1) is 22.7 Å². The number of nitrogens with one attached hydrogen (secondary N) is 2. The molecule has 3 heterocycles. The lowest BCUT2D eigenvalue weighted by Gasteiger charge is -2.23.